The zero-order chi connectivity index (χ0) is 17.3. The number of allylic oxidation sites excluding steroid dienone is 1. The second-order valence-corrected chi connectivity index (χ2v) is 7.53. The summed E-state index contributed by atoms with van der Waals surface area (Å²) < 4.78 is 6.31. The minimum atomic E-state index is -0.103. The van der Waals surface area contributed by atoms with Crippen LogP contribution in [0.5, 0.6) is 5.75 Å². The summed E-state index contributed by atoms with van der Waals surface area (Å²) in [5.41, 5.74) is 3.61. The van der Waals surface area contributed by atoms with Gasteiger partial charge in [-0.2, -0.15) is 0 Å². The molecule has 2 aromatic carbocycles. The van der Waals surface area contributed by atoms with Crippen molar-refractivity contribution in [3.05, 3.63) is 69.7 Å². The molecule has 0 aliphatic carbocycles. The van der Waals surface area contributed by atoms with E-state index in [1.54, 1.807) is 25.3 Å². The lowest BCUT2D eigenvalue weighted by Gasteiger charge is -2.35. The highest BCUT2D eigenvalue weighted by atomic mass is 79.9. The Balaban J connectivity index is 2.06. The summed E-state index contributed by atoms with van der Waals surface area (Å²) in [6.45, 7) is 4.28. The number of methoxy groups -OCH3 is 1. The normalized spacial score (nSPS) is 17.1. The fourth-order valence-electron chi connectivity index (χ4n) is 3.08. The SMILES string of the molecule is COc1ccccc1C(=O)C=C1NC(C)(C)Cc2ccc(Br)cc21. The molecule has 0 spiro atoms. The van der Waals surface area contributed by atoms with Crippen molar-refractivity contribution in [1.29, 1.82) is 0 Å². The summed E-state index contributed by atoms with van der Waals surface area (Å²) in [6, 6.07) is 13.5. The minimum Gasteiger partial charge on any atom is -0.496 e. The van der Waals surface area contributed by atoms with Gasteiger partial charge in [-0.15, -0.1) is 0 Å². The fraction of sp³-hybridized carbons (Fsp3) is 0.250. The van der Waals surface area contributed by atoms with E-state index in [9.17, 15) is 4.79 Å². The van der Waals surface area contributed by atoms with E-state index in [0.29, 0.717) is 11.3 Å². The van der Waals surface area contributed by atoms with Crippen molar-refractivity contribution >= 4 is 27.4 Å². The van der Waals surface area contributed by atoms with Crippen molar-refractivity contribution in [2.24, 2.45) is 0 Å². The summed E-state index contributed by atoms with van der Waals surface area (Å²) >= 11 is 3.52. The summed E-state index contributed by atoms with van der Waals surface area (Å²) in [5.74, 6) is 0.516. The Kier molecular flexibility index (Phi) is 4.50. The fourth-order valence-corrected chi connectivity index (χ4v) is 3.44. The third-order valence-electron chi connectivity index (χ3n) is 4.12. The highest BCUT2D eigenvalue weighted by Gasteiger charge is 2.28. The number of carbonyl (C=O) groups excluding carboxylic acids is 1. The molecule has 1 aliphatic rings. The molecule has 0 saturated heterocycles. The Labute approximate surface area is 150 Å². The number of ether oxygens (including phenoxy) is 1. The minimum absolute atomic E-state index is 0.0708. The lowest BCUT2D eigenvalue weighted by atomic mass is 9.85. The largest absolute Gasteiger partial charge is 0.496 e. The Morgan fingerprint density at radius 1 is 1.25 bits per heavy atom. The first kappa shape index (κ1) is 16.8. The molecule has 0 unspecified atom stereocenters. The van der Waals surface area contributed by atoms with Gasteiger partial charge in [-0.1, -0.05) is 34.1 Å². The third-order valence-corrected chi connectivity index (χ3v) is 4.61. The van der Waals surface area contributed by atoms with E-state index in [-0.39, 0.29) is 11.3 Å². The van der Waals surface area contributed by atoms with Crippen LogP contribution in [0.4, 0.5) is 0 Å². The van der Waals surface area contributed by atoms with E-state index in [1.165, 1.54) is 5.56 Å². The molecule has 24 heavy (non-hydrogen) atoms. The Bertz CT molecular complexity index is 824. The van der Waals surface area contributed by atoms with Crippen molar-refractivity contribution in [2.45, 2.75) is 25.8 Å². The maximum absolute atomic E-state index is 12.8. The molecule has 0 atom stereocenters. The van der Waals surface area contributed by atoms with E-state index in [2.05, 4.69) is 47.2 Å². The first-order chi connectivity index (χ1) is 11.4. The molecule has 1 N–H and O–H groups in total. The van der Waals surface area contributed by atoms with Gasteiger partial charge in [-0.3, -0.25) is 4.79 Å². The van der Waals surface area contributed by atoms with Crippen LogP contribution in [0.2, 0.25) is 0 Å². The molecule has 0 amide bonds. The number of halogens is 1. The first-order valence-electron chi connectivity index (χ1n) is 7.86. The van der Waals surface area contributed by atoms with E-state index >= 15 is 0 Å². The van der Waals surface area contributed by atoms with E-state index in [4.69, 9.17) is 4.74 Å². The monoisotopic (exact) mass is 385 g/mol. The van der Waals surface area contributed by atoms with Gasteiger partial charge in [0, 0.05) is 27.3 Å². The van der Waals surface area contributed by atoms with Crippen molar-refractivity contribution in [3.63, 3.8) is 0 Å². The Hall–Kier alpha value is -2.07. The maximum Gasteiger partial charge on any atom is 0.191 e. The Morgan fingerprint density at radius 3 is 2.75 bits per heavy atom. The van der Waals surface area contributed by atoms with Crippen molar-refractivity contribution in [2.75, 3.05) is 7.11 Å². The van der Waals surface area contributed by atoms with Crippen LogP contribution in [0, 0.1) is 0 Å². The van der Waals surface area contributed by atoms with Gasteiger partial charge in [0.05, 0.1) is 12.7 Å². The van der Waals surface area contributed by atoms with Crippen LogP contribution in [0.1, 0.15) is 35.3 Å². The molecule has 0 bridgehead atoms. The number of hydrogen-bond donors (Lipinski definition) is 1. The number of rotatable bonds is 3. The number of ketones is 1. The van der Waals surface area contributed by atoms with Crippen LogP contribution in [0.15, 0.2) is 53.0 Å². The lowest BCUT2D eigenvalue weighted by molar-refractivity contribution is 0.104. The zero-order valence-corrected chi connectivity index (χ0v) is 15.6. The summed E-state index contributed by atoms with van der Waals surface area (Å²) in [4.78, 5) is 12.8. The standard InChI is InChI=1S/C20H20BrNO2/c1-20(2)12-13-8-9-14(21)10-16(13)17(22-20)11-18(23)15-6-4-5-7-19(15)24-3/h4-11,22H,12H2,1-3H3. The van der Waals surface area contributed by atoms with Crippen LogP contribution in [-0.4, -0.2) is 18.4 Å². The quantitative estimate of drug-likeness (QED) is 0.619. The summed E-state index contributed by atoms with van der Waals surface area (Å²) in [7, 11) is 1.58. The predicted octanol–water partition coefficient (Wildman–Crippen LogP) is 4.61. The zero-order valence-electron chi connectivity index (χ0n) is 14.0. The molecular formula is C20H20BrNO2. The van der Waals surface area contributed by atoms with Crippen molar-refractivity contribution < 1.29 is 9.53 Å². The number of fused-ring (bicyclic) bond motifs is 1. The number of para-hydroxylation sites is 1. The highest BCUT2D eigenvalue weighted by molar-refractivity contribution is 9.10. The van der Waals surface area contributed by atoms with Crippen LogP contribution < -0.4 is 10.1 Å². The van der Waals surface area contributed by atoms with Gasteiger partial charge in [0.1, 0.15) is 5.75 Å². The number of hydrogen-bond acceptors (Lipinski definition) is 3. The second kappa shape index (κ2) is 6.44. The highest BCUT2D eigenvalue weighted by Crippen LogP contribution is 2.32. The molecule has 1 heterocycles. The van der Waals surface area contributed by atoms with Gasteiger partial charge in [0.2, 0.25) is 0 Å². The number of benzene rings is 2. The molecule has 0 saturated carbocycles. The summed E-state index contributed by atoms with van der Waals surface area (Å²) in [5, 5.41) is 3.49. The van der Waals surface area contributed by atoms with Gasteiger partial charge in [-0.25, -0.2) is 0 Å². The van der Waals surface area contributed by atoms with Crippen LogP contribution >= 0.6 is 15.9 Å². The number of nitrogens with one attached hydrogen (secondary N) is 1. The van der Waals surface area contributed by atoms with Crippen molar-refractivity contribution in [1.82, 2.24) is 5.32 Å². The average Bonchev–Trinajstić information content (AvgIpc) is 2.54. The van der Waals surface area contributed by atoms with Gasteiger partial charge < -0.3 is 10.1 Å². The van der Waals surface area contributed by atoms with Gasteiger partial charge in [0.15, 0.2) is 5.78 Å². The molecule has 0 fully saturated rings. The molecule has 0 radical (unpaired) electrons. The summed E-state index contributed by atoms with van der Waals surface area (Å²) in [6.07, 6.45) is 2.58. The van der Waals surface area contributed by atoms with E-state index in [0.717, 1.165) is 22.2 Å². The van der Waals surface area contributed by atoms with E-state index in [1.807, 2.05) is 18.2 Å². The molecule has 3 rings (SSSR count). The molecule has 124 valence electrons. The topological polar surface area (TPSA) is 38.3 Å². The van der Waals surface area contributed by atoms with E-state index < -0.39 is 0 Å². The van der Waals surface area contributed by atoms with Gasteiger partial charge in [0.25, 0.3) is 0 Å². The lowest BCUT2D eigenvalue weighted by Crippen LogP contribution is -2.43. The van der Waals surface area contributed by atoms with Gasteiger partial charge >= 0.3 is 0 Å². The van der Waals surface area contributed by atoms with Crippen molar-refractivity contribution in [3.8, 4) is 5.75 Å². The van der Waals surface area contributed by atoms with Crippen LogP contribution in [0.3, 0.4) is 0 Å². The van der Waals surface area contributed by atoms with Crippen LogP contribution in [0.25, 0.3) is 5.70 Å². The second-order valence-electron chi connectivity index (χ2n) is 6.61. The molecule has 4 heteroatoms. The maximum atomic E-state index is 12.8. The average molecular weight is 386 g/mol. The smallest absolute Gasteiger partial charge is 0.191 e. The number of carbonyl (C=O) groups is 1. The molecule has 0 aromatic heterocycles. The third kappa shape index (κ3) is 3.39. The predicted molar refractivity (Wildman–Crippen MR) is 100 cm³/mol. The molecule has 1 aliphatic heterocycles. The molecule has 3 nitrogen and oxygen atoms in total. The molecular weight excluding hydrogens is 366 g/mol. The Morgan fingerprint density at radius 2 is 2.00 bits per heavy atom. The first-order valence-corrected chi connectivity index (χ1v) is 8.65. The van der Waals surface area contributed by atoms with Crippen LogP contribution in [-0.2, 0) is 6.42 Å². The van der Waals surface area contributed by atoms with Gasteiger partial charge in [-0.05, 0) is 50.1 Å². The molecule has 2 aromatic rings.